The van der Waals surface area contributed by atoms with Gasteiger partial charge in [-0.25, -0.2) is 4.98 Å². The minimum absolute atomic E-state index is 0.833. The number of ether oxygens (including phenoxy) is 1. The largest absolute Gasteiger partial charge is 0.497 e. The monoisotopic (exact) mass is 466 g/mol. The van der Waals surface area contributed by atoms with Crippen molar-refractivity contribution in [2.75, 3.05) is 13.4 Å². The van der Waals surface area contributed by atoms with Crippen molar-refractivity contribution in [3.8, 4) is 28.3 Å². The number of rotatable bonds is 4. The van der Waals surface area contributed by atoms with E-state index in [0.29, 0.717) is 0 Å². The molecule has 0 bridgehead atoms. The average molecular weight is 468 g/mol. The summed E-state index contributed by atoms with van der Waals surface area (Å²) in [5.74, 6) is 0.833. The Bertz CT molecular complexity index is 869. The highest BCUT2D eigenvalue weighted by molar-refractivity contribution is 9.11. The van der Waals surface area contributed by atoms with Gasteiger partial charge in [-0.05, 0) is 62.4 Å². The SMILES string of the molecule is COc1cccc(-c2c(-c3cc(Br)c(SC)c(Br)c3)ncn2C)c1. The van der Waals surface area contributed by atoms with Gasteiger partial charge >= 0.3 is 0 Å². The van der Waals surface area contributed by atoms with Crippen molar-refractivity contribution < 1.29 is 4.74 Å². The maximum absolute atomic E-state index is 5.36. The van der Waals surface area contributed by atoms with Gasteiger partial charge in [0.05, 0.1) is 24.8 Å². The number of imidazole rings is 1. The van der Waals surface area contributed by atoms with E-state index in [1.807, 2.05) is 36.1 Å². The number of hydrogen-bond acceptors (Lipinski definition) is 3. The number of thioether (sulfide) groups is 1. The summed E-state index contributed by atoms with van der Waals surface area (Å²) < 4.78 is 9.51. The van der Waals surface area contributed by atoms with E-state index in [1.165, 1.54) is 4.90 Å². The molecule has 0 saturated heterocycles. The fourth-order valence-electron chi connectivity index (χ4n) is 2.64. The molecule has 124 valence electrons. The van der Waals surface area contributed by atoms with Crippen LogP contribution in [-0.2, 0) is 7.05 Å². The van der Waals surface area contributed by atoms with Crippen molar-refractivity contribution in [1.82, 2.24) is 9.55 Å². The van der Waals surface area contributed by atoms with Gasteiger partial charge in [-0.1, -0.05) is 12.1 Å². The first kappa shape index (κ1) is 17.6. The van der Waals surface area contributed by atoms with Crippen LogP contribution in [0, 0.1) is 0 Å². The van der Waals surface area contributed by atoms with Crippen LogP contribution in [0.25, 0.3) is 22.5 Å². The van der Waals surface area contributed by atoms with E-state index in [9.17, 15) is 0 Å². The van der Waals surface area contributed by atoms with E-state index in [-0.39, 0.29) is 0 Å². The lowest BCUT2D eigenvalue weighted by Crippen LogP contribution is -1.93. The topological polar surface area (TPSA) is 27.1 Å². The lowest BCUT2D eigenvalue weighted by Gasteiger charge is -2.11. The van der Waals surface area contributed by atoms with Crippen LogP contribution >= 0.6 is 43.6 Å². The molecule has 0 aliphatic carbocycles. The van der Waals surface area contributed by atoms with Crippen molar-refractivity contribution in [1.29, 1.82) is 0 Å². The molecule has 3 aromatic rings. The van der Waals surface area contributed by atoms with Gasteiger partial charge in [0.25, 0.3) is 0 Å². The molecule has 0 unspecified atom stereocenters. The van der Waals surface area contributed by atoms with Gasteiger partial charge in [-0.15, -0.1) is 11.8 Å². The van der Waals surface area contributed by atoms with Gasteiger partial charge in [0, 0.05) is 32.0 Å². The molecule has 0 aliphatic rings. The van der Waals surface area contributed by atoms with Gasteiger partial charge < -0.3 is 9.30 Å². The van der Waals surface area contributed by atoms with E-state index in [4.69, 9.17) is 4.74 Å². The molecule has 0 spiro atoms. The molecule has 3 rings (SSSR count). The maximum atomic E-state index is 5.36. The predicted octanol–water partition coefficient (Wildman–Crippen LogP) is 6.01. The Hall–Kier alpha value is -1.24. The third kappa shape index (κ3) is 3.27. The molecular weight excluding hydrogens is 452 g/mol. The molecule has 0 saturated carbocycles. The number of aryl methyl sites for hydroxylation is 1. The summed E-state index contributed by atoms with van der Waals surface area (Å²) >= 11 is 9.02. The molecule has 3 nitrogen and oxygen atoms in total. The van der Waals surface area contributed by atoms with Gasteiger partial charge in [0.15, 0.2) is 0 Å². The lowest BCUT2D eigenvalue weighted by atomic mass is 10.0. The number of benzene rings is 2. The number of nitrogens with zero attached hydrogens (tertiary/aromatic N) is 2. The Morgan fingerprint density at radius 3 is 2.42 bits per heavy atom. The number of hydrogen-bond donors (Lipinski definition) is 0. The molecule has 24 heavy (non-hydrogen) atoms. The molecule has 0 atom stereocenters. The van der Waals surface area contributed by atoms with Crippen LogP contribution in [0.3, 0.4) is 0 Å². The smallest absolute Gasteiger partial charge is 0.119 e. The van der Waals surface area contributed by atoms with E-state index >= 15 is 0 Å². The molecule has 0 fully saturated rings. The summed E-state index contributed by atoms with van der Waals surface area (Å²) in [7, 11) is 3.68. The Kier molecular flexibility index (Phi) is 5.37. The zero-order chi connectivity index (χ0) is 17.3. The van der Waals surface area contributed by atoms with Gasteiger partial charge in [0.1, 0.15) is 5.75 Å². The van der Waals surface area contributed by atoms with Crippen LogP contribution in [0.15, 0.2) is 56.6 Å². The summed E-state index contributed by atoms with van der Waals surface area (Å²) in [6.45, 7) is 0. The molecule has 1 aromatic heterocycles. The summed E-state index contributed by atoms with van der Waals surface area (Å²) in [6.07, 6.45) is 3.90. The number of aromatic nitrogens is 2. The zero-order valence-electron chi connectivity index (χ0n) is 13.5. The Balaban J connectivity index is 2.17. The van der Waals surface area contributed by atoms with Crippen molar-refractivity contribution >= 4 is 43.6 Å². The van der Waals surface area contributed by atoms with Crippen LogP contribution in [0.5, 0.6) is 5.75 Å². The van der Waals surface area contributed by atoms with Gasteiger partial charge in [-0.2, -0.15) is 0 Å². The maximum Gasteiger partial charge on any atom is 0.119 e. The van der Waals surface area contributed by atoms with Crippen molar-refractivity contribution in [3.05, 3.63) is 51.7 Å². The van der Waals surface area contributed by atoms with E-state index in [2.05, 4.69) is 61.3 Å². The molecular formula is C18H16Br2N2OS. The van der Waals surface area contributed by atoms with Crippen LogP contribution in [0.2, 0.25) is 0 Å². The summed E-state index contributed by atoms with van der Waals surface area (Å²) in [5.41, 5.74) is 4.14. The first-order valence-corrected chi connectivity index (χ1v) is 10.1. The third-order valence-corrected chi connectivity index (χ3v) is 6.38. The van der Waals surface area contributed by atoms with Crippen molar-refractivity contribution in [3.63, 3.8) is 0 Å². The van der Waals surface area contributed by atoms with E-state index < -0.39 is 0 Å². The fourth-order valence-corrected chi connectivity index (χ4v) is 5.31. The highest BCUT2D eigenvalue weighted by Crippen LogP contribution is 2.39. The first-order valence-electron chi connectivity index (χ1n) is 7.24. The third-order valence-electron chi connectivity index (χ3n) is 3.76. The standard InChI is InChI=1S/C18H16Br2N2OS/c1-22-10-21-16(12-8-14(19)18(24-3)15(20)9-12)17(22)11-5-4-6-13(7-11)23-2/h4-10H,1-3H3. The summed E-state index contributed by atoms with van der Waals surface area (Å²) in [4.78, 5) is 5.81. The minimum Gasteiger partial charge on any atom is -0.497 e. The molecule has 0 N–H and O–H groups in total. The summed E-state index contributed by atoms with van der Waals surface area (Å²) in [5, 5.41) is 0. The normalized spacial score (nSPS) is 10.9. The first-order chi connectivity index (χ1) is 11.5. The van der Waals surface area contributed by atoms with Crippen LogP contribution in [0.4, 0.5) is 0 Å². The highest BCUT2D eigenvalue weighted by atomic mass is 79.9. The summed E-state index contributed by atoms with van der Waals surface area (Å²) in [6, 6.07) is 12.3. The quantitative estimate of drug-likeness (QED) is 0.439. The Morgan fingerprint density at radius 2 is 1.79 bits per heavy atom. The second kappa shape index (κ2) is 7.33. The van der Waals surface area contributed by atoms with E-state index in [0.717, 1.165) is 37.2 Å². The Labute approximate surface area is 162 Å². The Morgan fingerprint density at radius 1 is 1.08 bits per heavy atom. The van der Waals surface area contributed by atoms with Crippen LogP contribution in [-0.4, -0.2) is 22.9 Å². The molecule has 2 aromatic carbocycles. The molecule has 6 heteroatoms. The molecule has 0 amide bonds. The van der Waals surface area contributed by atoms with Crippen molar-refractivity contribution in [2.24, 2.45) is 7.05 Å². The second-order valence-electron chi connectivity index (χ2n) is 5.26. The average Bonchev–Trinajstić information content (AvgIpc) is 2.96. The van der Waals surface area contributed by atoms with Crippen LogP contribution in [0.1, 0.15) is 0 Å². The van der Waals surface area contributed by atoms with Crippen molar-refractivity contribution in [2.45, 2.75) is 4.90 Å². The van der Waals surface area contributed by atoms with Gasteiger partial charge in [0.2, 0.25) is 0 Å². The van der Waals surface area contributed by atoms with Crippen LogP contribution < -0.4 is 4.74 Å². The second-order valence-corrected chi connectivity index (χ2v) is 7.78. The number of halogens is 2. The molecule has 0 radical (unpaired) electrons. The lowest BCUT2D eigenvalue weighted by molar-refractivity contribution is 0.415. The van der Waals surface area contributed by atoms with Gasteiger partial charge in [-0.3, -0.25) is 0 Å². The number of methoxy groups -OCH3 is 1. The fraction of sp³-hybridized carbons (Fsp3) is 0.167. The zero-order valence-corrected chi connectivity index (χ0v) is 17.5. The predicted molar refractivity (Wildman–Crippen MR) is 108 cm³/mol. The highest BCUT2D eigenvalue weighted by Gasteiger charge is 2.16. The molecule has 1 heterocycles. The van der Waals surface area contributed by atoms with E-state index in [1.54, 1.807) is 18.9 Å². The minimum atomic E-state index is 0.833. The molecule has 0 aliphatic heterocycles.